The van der Waals surface area contributed by atoms with Crippen LogP contribution in [0.2, 0.25) is 0 Å². The molecule has 1 aliphatic heterocycles. The third-order valence-corrected chi connectivity index (χ3v) is 4.24. The van der Waals surface area contributed by atoms with Crippen LogP contribution in [0.25, 0.3) is 0 Å². The average molecular weight is 314 g/mol. The van der Waals surface area contributed by atoms with Gasteiger partial charge in [-0.1, -0.05) is 0 Å². The van der Waals surface area contributed by atoms with Gasteiger partial charge in [-0.3, -0.25) is 4.79 Å². The molecule has 0 saturated carbocycles. The van der Waals surface area contributed by atoms with Crippen LogP contribution in [-0.4, -0.2) is 35.5 Å². The van der Waals surface area contributed by atoms with Gasteiger partial charge in [0.1, 0.15) is 11.5 Å². The Kier molecular flexibility index (Phi) is 4.55. The summed E-state index contributed by atoms with van der Waals surface area (Å²) in [4.78, 5) is 17.9. The number of H-pyrrole nitrogens is 1. The summed E-state index contributed by atoms with van der Waals surface area (Å²) in [6.07, 6.45) is 3.39. The lowest BCUT2D eigenvalue weighted by molar-refractivity contribution is -0.139. The summed E-state index contributed by atoms with van der Waals surface area (Å²) < 4.78 is 10.9. The van der Waals surface area contributed by atoms with Gasteiger partial charge in [0.25, 0.3) is 5.91 Å². The summed E-state index contributed by atoms with van der Waals surface area (Å²) in [5.74, 6) is 1.46. The molecule has 23 heavy (non-hydrogen) atoms. The second-order valence-corrected chi connectivity index (χ2v) is 5.75. The highest BCUT2D eigenvalue weighted by Gasteiger charge is 2.33. The van der Waals surface area contributed by atoms with Gasteiger partial charge in [0.2, 0.25) is 0 Å². The summed E-state index contributed by atoms with van der Waals surface area (Å²) in [5, 5.41) is 0. The molecule has 1 saturated heterocycles. The van der Waals surface area contributed by atoms with Crippen molar-refractivity contribution in [1.29, 1.82) is 0 Å². The number of carbonyl (C=O) groups is 1. The van der Waals surface area contributed by atoms with Crippen molar-refractivity contribution < 1.29 is 14.3 Å². The van der Waals surface area contributed by atoms with Gasteiger partial charge in [-0.05, 0) is 56.2 Å². The van der Waals surface area contributed by atoms with Gasteiger partial charge in [0.15, 0.2) is 6.10 Å². The lowest BCUT2D eigenvalue weighted by atomic mass is 10.1. The predicted octanol–water partition coefficient (Wildman–Crippen LogP) is 3.15. The van der Waals surface area contributed by atoms with Gasteiger partial charge in [-0.2, -0.15) is 0 Å². The Morgan fingerprint density at radius 3 is 2.65 bits per heavy atom. The average Bonchev–Trinajstić information content (AvgIpc) is 3.25. The number of rotatable bonds is 5. The molecule has 0 unspecified atom stereocenters. The van der Waals surface area contributed by atoms with Gasteiger partial charge < -0.3 is 19.4 Å². The largest absolute Gasteiger partial charge is 0.497 e. The molecular formula is C18H22N2O3. The fourth-order valence-electron chi connectivity index (χ4n) is 3.05. The first-order valence-corrected chi connectivity index (χ1v) is 7.93. The number of ether oxygens (including phenoxy) is 2. The van der Waals surface area contributed by atoms with E-state index in [-0.39, 0.29) is 11.9 Å². The Morgan fingerprint density at radius 1 is 1.26 bits per heavy atom. The Bertz CT molecular complexity index is 637. The highest BCUT2D eigenvalue weighted by molar-refractivity contribution is 5.81. The number of nitrogens with one attached hydrogen (secondary N) is 1. The van der Waals surface area contributed by atoms with Gasteiger partial charge in [0, 0.05) is 18.4 Å². The lowest BCUT2D eigenvalue weighted by Crippen LogP contribution is -2.40. The number of nitrogens with zero attached hydrogens (tertiary/aromatic N) is 1. The van der Waals surface area contributed by atoms with Crippen LogP contribution in [0.5, 0.6) is 11.5 Å². The molecule has 1 aliphatic rings. The zero-order valence-corrected chi connectivity index (χ0v) is 13.5. The van der Waals surface area contributed by atoms with E-state index in [9.17, 15) is 4.79 Å². The van der Waals surface area contributed by atoms with E-state index in [0.29, 0.717) is 5.75 Å². The molecule has 2 heterocycles. The number of benzene rings is 1. The fourth-order valence-corrected chi connectivity index (χ4v) is 3.05. The monoisotopic (exact) mass is 314 g/mol. The molecule has 1 fully saturated rings. The minimum absolute atomic E-state index is 0.0259. The molecular weight excluding hydrogens is 292 g/mol. The minimum Gasteiger partial charge on any atom is -0.497 e. The van der Waals surface area contributed by atoms with Crippen molar-refractivity contribution >= 4 is 5.91 Å². The quantitative estimate of drug-likeness (QED) is 0.922. The number of methoxy groups -OCH3 is 1. The van der Waals surface area contributed by atoms with Crippen LogP contribution in [0, 0.1) is 0 Å². The highest BCUT2D eigenvalue weighted by Crippen LogP contribution is 2.31. The van der Waals surface area contributed by atoms with E-state index in [1.54, 1.807) is 14.0 Å². The molecule has 2 atom stereocenters. The van der Waals surface area contributed by atoms with Crippen LogP contribution >= 0.6 is 0 Å². The molecule has 5 nitrogen and oxygen atoms in total. The third kappa shape index (κ3) is 3.33. The van der Waals surface area contributed by atoms with Gasteiger partial charge in [0.05, 0.1) is 13.2 Å². The fraction of sp³-hybridized carbons (Fsp3) is 0.389. The summed E-state index contributed by atoms with van der Waals surface area (Å²) in [5.41, 5.74) is 1.09. The van der Waals surface area contributed by atoms with Crippen LogP contribution < -0.4 is 9.47 Å². The number of hydrogen-bond acceptors (Lipinski definition) is 3. The third-order valence-electron chi connectivity index (χ3n) is 4.24. The molecule has 2 aromatic rings. The van der Waals surface area contributed by atoms with Gasteiger partial charge in [-0.25, -0.2) is 0 Å². The molecule has 1 amide bonds. The highest BCUT2D eigenvalue weighted by atomic mass is 16.5. The number of amides is 1. The summed E-state index contributed by atoms with van der Waals surface area (Å²) in [7, 11) is 1.62. The second kappa shape index (κ2) is 6.77. The topological polar surface area (TPSA) is 54.6 Å². The Balaban J connectivity index is 1.66. The normalized spacial score (nSPS) is 18.7. The molecule has 1 aromatic carbocycles. The van der Waals surface area contributed by atoms with Crippen LogP contribution in [0.1, 0.15) is 31.5 Å². The second-order valence-electron chi connectivity index (χ2n) is 5.75. The molecule has 0 bridgehead atoms. The Morgan fingerprint density at radius 2 is 2.00 bits per heavy atom. The summed E-state index contributed by atoms with van der Waals surface area (Å²) >= 11 is 0. The van der Waals surface area contributed by atoms with Crippen molar-refractivity contribution in [3.05, 3.63) is 48.3 Å². The molecule has 3 rings (SSSR count). The molecule has 5 heteroatoms. The Labute approximate surface area is 136 Å². The lowest BCUT2D eigenvalue weighted by Gasteiger charge is -2.27. The van der Waals surface area contributed by atoms with E-state index in [4.69, 9.17) is 9.47 Å². The van der Waals surface area contributed by atoms with Crippen LogP contribution in [0.4, 0.5) is 0 Å². The maximum absolute atomic E-state index is 12.7. The maximum atomic E-state index is 12.7. The van der Waals surface area contributed by atoms with E-state index >= 15 is 0 Å². The molecule has 0 aliphatic carbocycles. The molecule has 0 spiro atoms. The first kappa shape index (κ1) is 15.5. The zero-order valence-electron chi connectivity index (χ0n) is 13.5. The number of carbonyl (C=O) groups excluding carboxylic acids is 1. The van der Waals surface area contributed by atoms with E-state index < -0.39 is 6.10 Å². The maximum Gasteiger partial charge on any atom is 0.263 e. The standard InChI is InChI=1S/C18H22N2O3/c1-13(23-15-9-7-14(22-2)8-10-15)18(21)20-12-4-6-17(20)16-5-3-11-19-16/h3,5,7-11,13,17,19H,4,6,12H2,1-2H3/t13-,17+/m1/s1. The predicted molar refractivity (Wildman–Crippen MR) is 87.6 cm³/mol. The van der Waals surface area contributed by atoms with Crippen LogP contribution in [0.3, 0.4) is 0 Å². The number of likely N-dealkylation sites (tertiary alicyclic amines) is 1. The van der Waals surface area contributed by atoms with Crippen molar-refractivity contribution in [2.45, 2.75) is 31.9 Å². The SMILES string of the molecule is COc1ccc(O[C@H](C)C(=O)N2CCC[C@H]2c2ccc[nH]2)cc1. The van der Waals surface area contributed by atoms with Crippen LogP contribution in [0.15, 0.2) is 42.6 Å². The van der Waals surface area contributed by atoms with E-state index in [1.165, 1.54) is 0 Å². The van der Waals surface area contributed by atoms with E-state index in [0.717, 1.165) is 30.8 Å². The number of hydrogen-bond donors (Lipinski definition) is 1. The molecule has 0 radical (unpaired) electrons. The molecule has 1 N–H and O–H groups in total. The zero-order chi connectivity index (χ0) is 16.2. The van der Waals surface area contributed by atoms with Crippen molar-refractivity contribution in [3.63, 3.8) is 0 Å². The van der Waals surface area contributed by atoms with Gasteiger partial charge >= 0.3 is 0 Å². The van der Waals surface area contributed by atoms with E-state index in [2.05, 4.69) is 4.98 Å². The van der Waals surface area contributed by atoms with Gasteiger partial charge in [-0.15, -0.1) is 0 Å². The van der Waals surface area contributed by atoms with Crippen molar-refractivity contribution in [2.24, 2.45) is 0 Å². The van der Waals surface area contributed by atoms with Crippen molar-refractivity contribution in [3.8, 4) is 11.5 Å². The van der Waals surface area contributed by atoms with Crippen molar-refractivity contribution in [2.75, 3.05) is 13.7 Å². The van der Waals surface area contributed by atoms with Crippen molar-refractivity contribution in [1.82, 2.24) is 9.88 Å². The first-order valence-electron chi connectivity index (χ1n) is 7.93. The summed E-state index contributed by atoms with van der Waals surface area (Å²) in [6.45, 7) is 2.58. The molecule has 1 aromatic heterocycles. The minimum atomic E-state index is -0.515. The van der Waals surface area contributed by atoms with E-state index in [1.807, 2.05) is 47.5 Å². The molecule has 122 valence electrons. The number of aromatic nitrogens is 1. The Hall–Kier alpha value is -2.43. The first-order chi connectivity index (χ1) is 11.2. The van der Waals surface area contributed by atoms with Crippen LogP contribution in [-0.2, 0) is 4.79 Å². The number of aromatic amines is 1. The smallest absolute Gasteiger partial charge is 0.263 e. The summed E-state index contributed by atoms with van der Waals surface area (Å²) in [6, 6.07) is 11.4.